The number of hydrogen-bond donors (Lipinski definition) is 3. The molecule has 0 aliphatic carbocycles. The molecule has 0 unspecified atom stereocenters. The number of nitrogens with zero attached hydrogens (tertiary/aromatic N) is 1. The van der Waals surface area contributed by atoms with Crippen LogP contribution >= 0.6 is 0 Å². The number of alkyl halides is 3. The zero-order valence-corrected chi connectivity index (χ0v) is 11.9. The van der Waals surface area contributed by atoms with Crippen LogP contribution in [0.4, 0.5) is 18.0 Å². The summed E-state index contributed by atoms with van der Waals surface area (Å²) in [4.78, 5) is 27.4. The van der Waals surface area contributed by atoms with Crippen LogP contribution in [-0.4, -0.2) is 40.6 Å². The third-order valence-electron chi connectivity index (χ3n) is 3.39. The van der Waals surface area contributed by atoms with Gasteiger partial charge in [-0.05, 0) is 18.6 Å². The van der Waals surface area contributed by atoms with Gasteiger partial charge in [0.1, 0.15) is 5.92 Å². The Bertz CT molecular complexity index is 596. The molecule has 1 saturated heterocycles. The largest absolute Gasteiger partial charge is 0.466 e. The third-order valence-corrected chi connectivity index (χ3v) is 3.39. The second kappa shape index (κ2) is 6.03. The molecule has 3 atom stereocenters. The molecule has 3 N–H and O–H groups in total. The number of halogens is 3. The van der Waals surface area contributed by atoms with Crippen molar-refractivity contribution >= 4 is 12.0 Å². The van der Waals surface area contributed by atoms with Gasteiger partial charge in [-0.1, -0.05) is 6.07 Å². The number of aliphatic hydroxyl groups is 1. The number of aromatic nitrogens is 1. The minimum absolute atomic E-state index is 0.128. The zero-order chi connectivity index (χ0) is 17.3. The summed E-state index contributed by atoms with van der Waals surface area (Å²) in [5, 5.41) is 13.6. The van der Waals surface area contributed by atoms with Crippen LogP contribution in [0, 0.1) is 5.92 Å². The van der Waals surface area contributed by atoms with Crippen LogP contribution < -0.4 is 10.6 Å². The molecule has 1 aromatic rings. The number of hydrogen-bond acceptors (Lipinski definition) is 5. The van der Waals surface area contributed by atoms with E-state index in [2.05, 4.69) is 15.0 Å². The average Bonchev–Trinajstić information content (AvgIpc) is 2.46. The summed E-state index contributed by atoms with van der Waals surface area (Å²) >= 11 is 0. The summed E-state index contributed by atoms with van der Waals surface area (Å²) in [6, 6.07) is 0.0901. The number of esters is 1. The summed E-state index contributed by atoms with van der Waals surface area (Å²) in [6.07, 6.45) is -2.72. The lowest BCUT2D eigenvalue weighted by molar-refractivity contribution is -0.294. The number of nitrogens with one attached hydrogen (secondary N) is 2. The van der Waals surface area contributed by atoms with E-state index in [1.807, 2.05) is 0 Å². The Morgan fingerprint density at radius 2 is 2.22 bits per heavy atom. The van der Waals surface area contributed by atoms with Crippen molar-refractivity contribution in [2.75, 3.05) is 6.61 Å². The van der Waals surface area contributed by atoms with Crippen molar-refractivity contribution in [3.05, 3.63) is 30.1 Å². The summed E-state index contributed by atoms with van der Waals surface area (Å²) in [5.74, 6) is -3.43. The van der Waals surface area contributed by atoms with Gasteiger partial charge in [0.2, 0.25) is 0 Å². The van der Waals surface area contributed by atoms with Gasteiger partial charge in [-0.25, -0.2) is 4.79 Å². The van der Waals surface area contributed by atoms with Gasteiger partial charge in [0, 0.05) is 12.4 Å². The van der Waals surface area contributed by atoms with E-state index >= 15 is 0 Å². The molecular formula is C13H14F3N3O4. The summed E-state index contributed by atoms with van der Waals surface area (Å²) in [6.45, 7) is 1.23. The van der Waals surface area contributed by atoms with Gasteiger partial charge in [-0.15, -0.1) is 0 Å². The lowest BCUT2D eigenvalue weighted by atomic mass is 9.82. The predicted molar refractivity (Wildman–Crippen MR) is 69.8 cm³/mol. The number of urea groups is 1. The molecule has 7 nitrogen and oxygen atoms in total. The highest BCUT2D eigenvalue weighted by molar-refractivity contribution is 5.83. The van der Waals surface area contributed by atoms with E-state index in [1.54, 1.807) is 0 Å². The molecule has 2 amide bonds. The highest BCUT2D eigenvalue weighted by Crippen LogP contribution is 2.42. The van der Waals surface area contributed by atoms with E-state index < -0.39 is 35.9 Å². The first-order valence-corrected chi connectivity index (χ1v) is 6.65. The highest BCUT2D eigenvalue weighted by Gasteiger charge is 2.67. The van der Waals surface area contributed by atoms with Gasteiger partial charge in [0.25, 0.3) is 5.72 Å². The summed E-state index contributed by atoms with van der Waals surface area (Å²) in [5.41, 5.74) is -3.63. The van der Waals surface area contributed by atoms with Gasteiger partial charge in [0.05, 0.1) is 12.6 Å². The fourth-order valence-electron chi connectivity index (χ4n) is 2.37. The molecule has 126 valence electrons. The van der Waals surface area contributed by atoms with Gasteiger partial charge in [-0.3, -0.25) is 9.78 Å². The van der Waals surface area contributed by atoms with Crippen LogP contribution in [0.2, 0.25) is 0 Å². The topological polar surface area (TPSA) is 101 Å². The van der Waals surface area contributed by atoms with Gasteiger partial charge >= 0.3 is 18.2 Å². The maximum atomic E-state index is 13.3. The summed E-state index contributed by atoms with van der Waals surface area (Å²) in [7, 11) is 0. The molecule has 23 heavy (non-hydrogen) atoms. The standard InChI is InChI=1S/C13H14F3N3O4/c1-2-23-10(20)8-9(7-4-3-5-17-6-7)18-11(21)19-12(8,22)13(14,15)16/h3-6,8-9,22H,2H2,1H3,(H2,18,19,21)/t8-,9-,12-/m1/s1. The third kappa shape index (κ3) is 3.07. The van der Waals surface area contributed by atoms with Crippen molar-refractivity contribution in [1.82, 2.24) is 15.6 Å². The minimum Gasteiger partial charge on any atom is -0.466 e. The van der Waals surface area contributed by atoms with Gasteiger partial charge in [-0.2, -0.15) is 13.2 Å². The fourth-order valence-corrected chi connectivity index (χ4v) is 2.37. The summed E-state index contributed by atoms with van der Waals surface area (Å²) < 4.78 is 44.6. The molecule has 1 aliphatic heterocycles. The van der Waals surface area contributed by atoms with Crippen molar-refractivity contribution < 1.29 is 32.6 Å². The SMILES string of the molecule is CCOC(=O)[C@H]1[C@@H](c2cccnc2)NC(=O)N[C@]1(O)C(F)(F)F. The first-order valence-electron chi connectivity index (χ1n) is 6.65. The van der Waals surface area contributed by atoms with Crippen LogP contribution in [0.5, 0.6) is 0 Å². The average molecular weight is 333 g/mol. The van der Waals surface area contributed by atoms with E-state index in [9.17, 15) is 27.9 Å². The van der Waals surface area contributed by atoms with Crippen LogP contribution in [-0.2, 0) is 9.53 Å². The number of carbonyl (C=O) groups is 2. The Kier molecular flexibility index (Phi) is 4.46. The van der Waals surface area contributed by atoms with Crippen molar-refractivity contribution in [3.8, 4) is 0 Å². The molecule has 1 fully saturated rings. The van der Waals surface area contributed by atoms with Crippen molar-refractivity contribution in [2.45, 2.75) is 24.9 Å². The molecule has 1 aliphatic rings. The Hall–Kier alpha value is -2.36. The van der Waals surface area contributed by atoms with Crippen LogP contribution in [0.15, 0.2) is 24.5 Å². The van der Waals surface area contributed by atoms with Crippen molar-refractivity contribution in [3.63, 3.8) is 0 Å². The zero-order valence-electron chi connectivity index (χ0n) is 11.9. The van der Waals surface area contributed by atoms with Crippen LogP contribution in [0.1, 0.15) is 18.5 Å². The number of rotatable bonds is 3. The van der Waals surface area contributed by atoms with Gasteiger partial charge in [0.15, 0.2) is 0 Å². The lowest BCUT2D eigenvalue weighted by Crippen LogP contribution is -2.73. The second-order valence-corrected chi connectivity index (χ2v) is 4.86. The molecule has 1 aromatic heterocycles. The van der Waals surface area contributed by atoms with Crippen molar-refractivity contribution in [2.24, 2.45) is 5.92 Å². The molecule has 0 saturated carbocycles. The number of ether oxygens (including phenoxy) is 1. The monoisotopic (exact) mass is 333 g/mol. The van der Waals surface area contributed by atoms with Crippen LogP contribution in [0.25, 0.3) is 0 Å². The molecule has 0 aromatic carbocycles. The molecule has 10 heteroatoms. The Morgan fingerprint density at radius 1 is 1.52 bits per heavy atom. The predicted octanol–water partition coefficient (Wildman–Crippen LogP) is 0.866. The molecule has 0 radical (unpaired) electrons. The highest BCUT2D eigenvalue weighted by atomic mass is 19.4. The minimum atomic E-state index is -5.29. The van der Waals surface area contributed by atoms with E-state index in [0.717, 1.165) is 0 Å². The van der Waals surface area contributed by atoms with Crippen LogP contribution in [0.3, 0.4) is 0 Å². The van der Waals surface area contributed by atoms with E-state index in [1.165, 1.54) is 36.8 Å². The molecular weight excluding hydrogens is 319 g/mol. The molecule has 2 rings (SSSR count). The Balaban J connectivity index is 2.54. The Morgan fingerprint density at radius 3 is 2.74 bits per heavy atom. The Labute approximate surface area is 128 Å². The number of pyridine rings is 1. The number of carbonyl (C=O) groups excluding carboxylic acids is 2. The van der Waals surface area contributed by atoms with E-state index in [-0.39, 0.29) is 12.2 Å². The quantitative estimate of drug-likeness (QED) is 0.713. The maximum Gasteiger partial charge on any atom is 0.437 e. The van der Waals surface area contributed by atoms with E-state index in [0.29, 0.717) is 0 Å². The molecule has 0 bridgehead atoms. The molecule has 2 heterocycles. The fraction of sp³-hybridized carbons (Fsp3) is 0.462. The van der Waals surface area contributed by atoms with E-state index in [4.69, 9.17) is 0 Å². The second-order valence-electron chi connectivity index (χ2n) is 4.86. The van der Waals surface area contributed by atoms with Gasteiger partial charge < -0.3 is 20.5 Å². The maximum absolute atomic E-state index is 13.3. The normalized spacial score (nSPS) is 27.8. The van der Waals surface area contributed by atoms with Crippen molar-refractivity contribution in [1.29, 1.82) is 0 Å². The lowest BCUT2D eigenvalue weighted by Gasteiger charge is -2.44. The smallest absolute Gasteiger partial charge is 0.437 e. The number of amides is 2. The first kappa shape index (κ1) is 17.0. The molecule has 0 spiro atoms. The first-order chi connectivity index (χ1) is 10.7.